The van der Waals surface area contributed by atoms with Crippen molar-refractivity contribution in [1.82, 2.24) is 15.2 Å². The van der Waals surface area contributed by atoms with Crippen LogP contribution in [0.25, 0.3) is 0 Å². The molecule has 1 N–H and O–H groups in total. The average molecular weight is 364 g/mol. The first kappa shape index (κ1) is 19.2. The van der Waals surface area contributed by atoms with Crippen molar-refractivity contribution in [2.24, 2.45) is 4.99 Å². The summed E-state index contributed by atoms with van der Waals surface area (Å²) in [4.78, 5) is 11.2. The molecule has 0 bridgehead atoms. The number of likely N-dealkylation sites (N-methyl/N-ethyl adjacent to an activating group) is 1. The Bertz CT molecular complexity index is 672. The number of aromatic nitrogens is 1. The van der Waals surface area contributed by atoms with Crippen molar-refractivity contribution in [3.63, 3.8) is 0 Å². The summed E-state index contributed by atoms with van der Waals surface area (Å²) in [5.74, 6) is 1.21. The molecule has 5 nitrogen and oxygen atoms in total. The number of aliphatic imine (C=N–C) groups is 1. The van der Waals surface area contributed by atoms with E-state index in [1.54, 1.807) is 23.5 Å². The summed E-state index contributed by atoms with van der Waals surface area (Å²) >= 11 is 1.67. The zero-order chi connectivity index (χ0) is 18.1. The number of nitrogens with one attached hydrogen (secondary N) is 1. The molecule has 25 heavy (non-hydrogen) atoms. The van der Waals surface area contributed by atoms with Crippen LogP contribution in [0, 0.1) is 5.82 Å². The summed E-state index contributed by atoms with van der Waals surface area (Å²) in [6.07, 6.45) is 0.953. The molecule has 0 aliphatic carbocycles. The molecule has 0 amide bonds. The molecule has 0 aliphatic heterocycles. The third kappa shape index (κ3) is 6.34. The maximum absolute atomic E-state index is 12.9. The zero-order valence-corrected chi connectivity index (χ0v) is 15.8. The molecule has 0 saturated heterocycles. The van der Waals surface area contributed by atoms with Gasteiger partial charge in [0.2, 0.25) is 0 Å². The molecule has 0 radical (unpaired) electrons. The Morgan fingerprint density at radius 3 is 2.72 bits per heavy atom. The van der Waals surface area contributed by atoms with Crippen molar-refractivity contribution in [3.8, 4) is 5.75 Å². The van der Waals surface area contributed by atoms with E-state index in [2.05, 4.69) is 27.6 Å². The van der Waals surface area contributed by atoms with Gasteiger partial charge in [0.25, 0.3) is 0 Å². The van der Waals surface area contributed by atoms with Crippen molar-refractivity contribution >= 4 is 17.3 Å². The number of ether oxygens (including phenoxy) is 1. The Hall–Kier alpha value is -2.15. The number of aryl methyl sites for hydroxylation is 1. The van der Waals surface area contributed by atoms with E-state index in [9.17, 15) is 4.39 Å². The minimum absolute atomic E-state index is 0.265. The maximum Gasteiger partial charge on any atom is 0.194 e. The first-order chi connectivity index (χ1) is 12.1. The molecular weight excluding hydrogens is 339 g/mol. The molecule has 2 rings (SSSR count). The number of benzene rings is 1. The van der Waals surface area contributed by atoms with E-state index in [0.29, 0.717) is 25.4 Å². The lowest BCUT2D eigenvalue weighted by molar-refractivity contribution is 0.281. The van der Waals surface area contributed by atoms with Gasteiger partial charge < -0.3 is 15.0 Å². The van der Waals surface area contributed by atoms with Crippen LogP contribution in [0.5, 0.6) is 5.75 Å². The van der Waals surface area contributed by atoms with Crippen LogP contribution in [-0.4, -0.2) is 42.6 Å². The van der Waals surface area contributed by atoms with Crippen molar-refractivity contribution in [1.29, 1.82) is 0 Å². The van der Waals surface area contributed by atoms with E-state index >= 15 is 0 Å². The standard InChI is InChI=1S/C18H25FN4OS/c1-4-17-22-15(13-25-17)12-21-18(20-5-2)23(3)10-11-24-16-8-6-14(19)7-9-16/h6-9,13H,4-5,10-12H2,1-3H3,(H,20,21). The summed E-state index contributed by atoms with van der Waals surface area (Å²) in [6.45, 7) is 6.65. The number of halogens is 1. The van der Waals surface area contributed by atoms with E-state index in [4.69, 9.17) is 4.74 Å². The normalized spacial score (nSPS) is 11.4. The van der Waals surface area contributed by atoms with E-state index in [1.165, 1.54) is 12.1 Å². The molecule has 0 aliphatic rings. The van der Waals surface area contributed by atoms with Gasteiger partial charge in [0.1, 0.15) is 18.2 Å². The van der Waals surface area contributed by atoms with Gasteiger partial charge in [-0.15, -0.1) is 11.3 Å². The van der Waals surface area contributed by atoms with Gasteiger partial charge in [-0.05, 0) is 37.6 Å². The average Bonchev–Trinajstić information content (AvgIpc) is 3.08. The van der Waals surface area contributed by atoms with Gasteiger partial charge in [-0.2, -0.15) is 0 Å². The summed E-state index contributed by atoms with van der Waals surface area (Å²) in [5.41, 5.74) is 0.994. The molecule has 0 atom stereocenters. The van der Waals surface area contributed by atoms with E-state index < -0.39 is 0 Å². The lowest BCUT2D eigenvalue weighted by Crippen LogP contribution is -2.40. The number of thiazole rings is 1. The highest BCUT2D eigenvalue weighted by atomic mass is 32.1. The highest BCUT2D eigenvalue weighted by Crippen LogP contribution is 2.12. The molecule has 136 valence electrons. The molecule has 0 unspecified atom stereocenters. The second-order valence-electron chi connectivity index (χ2n) is 5.48. The Morgan fingerprint density at radius 2 is 2.08 bits per heavy atom. The van der Waals surface area contributed by atoms with Gasteiger partial charge in [-0.3, -0.25) is 0 Å². The van der Waals surface area contributed by atoms with Crippen LogP contribution in [0.3, 0.4) is 0 Å². The number of hydrogen-bond acceptors (Lipinski definition) is 4. The predicted octanol–water partition coefficient (Wildman–Crippen LogP) is 3.32. The molecule has 1 aromatic carbocycles. The fourth-order valence-electron chi connectivity index (χ4n) is 2.15. The SMILES string of the molecule is CCNC(=NCc1csc(CC)n1)N(C)CCOc1ccc(F)cc1. The smallest absolute Gasteiger partial charge is 0.194 e. The Balaban J connectivity index is 1.86. The summed E-state index contributed by atoms with van der Waals surface area (Å²) in [5, 5.41) is 6.47. The third-order valence-electron chi connectivity index (χ3n) is 3.50. The van der Waals surface area contributed by atoms with Crippen LogP contribution in [0.15, 0.2) is 34.6 Å². The zero-order valence-electron chi connectivity index (χ0n) is 15.0. The molecular formula is C18H25FN4OS. The predicted molar refractivity (Wildman–Crippen MR) is 101 cm³/mol. The monoisotopic (exact) mass is 364 g/mol. The Kier molecular flexibility index (Phi) is 7.66. The van der Waals surface area contributed by atoms with Gasteiger partial charge in [0.05, 0.1) is 23.8 Å². The first-order valence-corrected chi connectivity index (χ1v) is 9.31. The Labute approximate surface area is 152 Å². The second kappa shape index (κ2) is 9.98. The number of hydrogen-bond donors (Lipinski definition) is 1. The van der Waals surface area contributed by atoms with Crippen molar-refractivity contribution in [2.45, 2.75) is 26.8 Å². The summed E-state index contributed by atoms with van der Waals surface area (Å²) < 4.78 is 18.5. The van der Waals surface area contributed by atoms with E-state index in [-0.39, 0.29) is 5.82 Å². The molecule has 0 fully saturated rings. The van der Waals surface area contributed by atoms with Gasteiger partial charge >= 0.3 is 0 Å². The van der Waals surface area contributed by atoms with Crippen LogP contribution >= 0.6 is 11.3 Å². The molecule has 0 saturated carbocycles. The van der Waals surface area contributed by atoms with Crippen LogP contribution in [0.1, 0.15) is 24.5 Å². The van der Waals surface area contributed by atoms with E-state index in [0.717, 1.165) is 29.6 Å². The minimum atomic E-state index is -0.265. The van der Waals surface area contributed by atoms with Crippen molar-refractivity contribution < 1.29 is 9.13 Å². The van der Waals surface area contributed by atoms with Crippen molar-refractivity contribution in [3.05, 3.63) is 46.2 Å². The largest absolute Gasteiger partial charge is 0.492 e. The van der Waals surface area contributed by atoms with Crippen LogP contribution in [-0.2, 0) is 13.0 Å². The fraction of sp³-hybridized carbons (Fsp3) is 0.444. The minimum Gasteiger partial charge on any atom is -0.492 e. The molecule has 7 heteroatoms. The van der Waals surface area contributed by atoms with E-state index in [1.807, 2.05) is 18.9 Å². The summed E-state index contributed by atoms with van der Waals surface area (Å²) in [6, 6.07) is 6.04. The molecule has 2 aromatic rings. The van der Waals surface area contributed by atoms with Crippen molar-refractivity contribution in [2.75, 3.05) is 26.7 Å². The highest BCUT2D eigenvalue weighted by molar-refractivity contribution is 7.09. The van der Waals surface area contributed by atoms with Crippen LogP contribution in [0.2, 0.25) is 0 Å². The number of guanidine groups is 1. The lowest BCUT2D eigenvalue weighted by atomic mass is 10.3. The fourth-order valence-corrected chi connectivity index (χ4v) is 2.88. The van der Waals surface area contributed by atoms with Gasteiger partial charge in [0, 0.05) is 19.0 Å². The molecule has 1 aromatic heterocycles. The van der Waals surface area contributed by atoms with Gasteiger partial charge in [-0.1, -0.05) is 6.92 Å². The van der Waals surface area contributed by atoms with Crippen LogP contribution < -0.4 is 10.1 Å². The maximum atomic E-state index is 12.9. The lowest BCUT2D eigenvalue weighted by Gasteiger charge is -2.22. The second-order valence-corrected chi connectivity index (χ2v) is 6.42. The Morgan fingerprint density at radius 1 is 1.32 bits per heavy atom. The van der Waals surface area contributed by atoms with Crippen LogP contribution in [0.4, 0.5) is 4.39 Å². The summed E-state index contributed by atoms with van der Waals surface area (Å²) in [7, 11) is 1.97. The first-order valence-electron chi connectivity index (χ1n) is 8.43. The third-order valence-corrected chi connectivity index (χ3v) is 4.54. The quantitative estimate of drug-likeness (QED) is 0.577. The molecule has 0 spiro atoms. The van der Waals surface area contributed by atoms with Gasteiger partial charge in [0.15, 0.2) is 5.96 Å². The van der Waals surface area contributed by atoms with Gasteiger partial charge in [-0.25, -0.2) is 14.4 Å². The topological polar surface area (TPSA) is 49.8 Å². The highest BCUT2D eigenvalue weighted by Gasteiger charge is 2.07. The number of nitrogens with zero attached hydrogens (tertiary/aromatic N) is 3. The number of rotatable bonds is 8. The molecule has 1 heterocycles.